The number of piperidine rings is 2. The van der Waals surface area contributed by atoms with Gasteiger partial charge in [-0.05, 0) is 80.3 Å². The largest absolute Gasteiger partial charge is 0.508 e. The molecule has 4 aliphatic rings. The van der Waals surface area contributed by atoms with Crippen molar-refractivity contribution >= 4 is 5.97 Å². The lowest BCUT2D eigenvalue weighted by molar-refractivity contribution is -0.140. The van der Waals surface area contributed by atoms with E-state index in [0.717, 1.165) is 44.8 Å². The number of nitrogens with zero attached hydrogens (tertiary/aromatic N) is 2. The van der Waals surface area contributed by atoms with Crippen molar-refractivity contribution in [3.63, 3.8) is 0 Å². The van der Waals surface area contributed by atoms with Gasteiger partial charge < -0.3 is 10.2 Å². The normalized spacial score (nSPS) is 34.2. The highest BCUT2D eigenvalue weighted by atomic mass is 16.4. The molecule has 2 N–H and O–H groups in total. The lowest BCUT2D eigenvalue weighted by Gasteiger charge is -2.60. The molecule has 3 atom stereocenters. The zero-order valence-electron chi connectivity index (χ0n) is 15.2. The van der Waals surface area contributed by atoms with Crippen LogP contribution >= 0.6 is 0 Å². The molecule has 0 spiro atoms. The molecule has 5 rings (SSSR count). The summed E-state index contributed by atoms with van der Waals surface area (Å²) in [7, 11) is 0. The van der Waals surface area contributed by atoms with Crippen molar-refractivity contribution in [2.24, 2.45) is 11.8 Å². The second-order valence-electron chi connectivity index (χ2n) is 8.94. The van der Waals surface area contributed by atoms with Crippen LogP contribution in [0, 0.1) is 11.8 Å². The molecule has 26 heavy (non-hydrogen) atoms. The number of benzene rings is 1. The SMILES string of the molecule is O=C(O)CN1CC[C@]23CCN(CC4CC4)C(Cc4ccc(O)cc42)C3C1. The maximum absolute atomic E-state index is 11.2. The van der Waals surface area contributed by atoms with Crippen LogP contribution in [0.4, 0.5) is 0 Å². The summed E-state index contributed by atoms with van der Waals surface area (Å²) in [6.07, 6.45) is 5.92. The summed E-state index contributed by atoms with van der Waals surface area (Å²) >= 11 is 0. The van der Waals surface area contributed by atoms with Crippen molar-refractivity contribution in [3.05, 3.63) is 29.3 Å². The van der Waals surface area contributed by atoms with Crippen molar-refractivity contribution < 1.29 is 15.0 Å². The van der Waals surface area contributed by atoms with Crippen molar-refractivity contribution in [1.29, 1.82) is 0 Å². The van der Waals surface area contributed by atoms with E-state index in [9.17, 15) is 15.0 Å². The summed E-state index contributed by atoms with van der Waals surface area (Å²) in [5.41, 5.74) is 2.86. The van der Waals surface area contributed by atoms with Crippen LogP contribution in [-0.2, 0) is 16.6 Å². The zero-order valence-corrected chi connectivity index (χ0v) is 15.2. The van der Waals surface area contributed by atoms with Gasteiger partial charge in [-0.1, -0.05) is 6.07 Å². The quantitative estimate of drug-likeness (QED) is 0.865. The number of hydrogen-bond acceptors (Lipinski definition) is 4. The molecule has 1 saturated carbocycles. The second kappa shape index (κ2) is 5.96. The van der Waals surface area contributed by atoms with E-state index in [1.54, 1.807) is 0 Å². The van der Waals surface area contributed by atoms with E-state index in [0.29, 0.717) is 17.7 Å². The topological polar surface area (TPSA) is 64.0 Å². The minimum atomic E-state index is -0.727. The van der Waals surface area contributed by atoms with Crippen molar-refractivity contribution in [3.8, 4) is 5.75 Å². The van der Waals surface area contributed by atoms with Crippen LogP contribution in [0.25, 0.3) is 0 Å². The number of phenolic OH excluding ortho intramolecular Hbond substituents is 1. The van der Waals surface area contributed by atoms with Gasteiger partial charge in [0.05, 0.1) is 6.54 Å². The summed E-state index contributed by atoms with van der Waals surface area (Å²) < 4.78 is 0. The smallest absolute Gasteiger partial charge is 0.317 e. The third-order valence-corrected chi connectivity index (χ3v) is 7.42. The van der Waals surface area contributed by atoms with E-state index in [1.807, 2.05) is 12.1 Å². The first-order valence-corrected chi connectivity index (χ1v) is 10.1. The van der Waals surface area contributed by atoms with Crippen LogP contribution in [0.1, 0.15) is 36.8 Å². The average molecular weight is 356 g/mol. The Morgan fingerprint density at radius 3 is 2.81 bits per heavy atom. The summed E-state index contributed by atoms with van der Waals surface area (Å²) in [6, 6.07) is 6.47. The van der Waals surface area contributed by atoms with Crippen LogP contribution in [0.15, 0.2) is 18.2 Å². The molecule has 2 unspecified atom stereocenters. The molecule has 2 aliphatic carbocycles. The molecular weight excluding hydrogens is 328 g/mol. The van der Waals surface area contributed by atoms with Gasteiger partial charge in [0.2, 0.25) is 0 Å². The zero-order chi connectivity index (χ0) is 17.9. The number of likely N-dealkylation sites (tertiary alicyclic amines) is 2. The molecule has 2 saturated heterocycles. The van der Waals surface area contributed by atoms with Crippen molar-refractivity contribution in [2.45, 2.75) is 43.6 Å². The minimum absolute atomic E-state index is 0.117. The predicted molar refractivity (Wildman–Crippen MR) is 98.4 cm³/mol. The van der Waals surface area contributed by atoms with Crippen LogP contribution in [-0.4, -0.2) is 64.7 Å². The van der Waals surface area contributed by atoms with E-state index in [4.69, 9.17) is 0 Å². The molecule has 3 fully saturated rings. The first-order chi connectivity index (χ1) is 12.5. The Morgan fingerprint density at radius 2 is 2.04 bits per heavy atom. The molecular formula is C21H28N2O3. The van der Waals surface area contributed by atoms with Gasteiger partial charge in [-0.25, -0.2) is 0 Å². The third kappa shape index (κ3) is 2.64. The van der Waals surface area contributed by atoms with E-state index in [1.165, 1.54) is 30.5 Å². The number of fused-ring (bicyclic) bond motifs is 1. The lowest BCUT2D eigenvalue weighted by Crippen LogP contribution is -2.65. The van der Waals surface area contributed by atoms with Gasteiger partial charge >= 0.3 is 5.97 Å². The van der Waals surface area contributed by atoms with E-state index in [2.05, 4.69) is 15.9 Å². The predicted octanol–water partition coefficient (Wildman–Crippen LogP) is 2.08. The first kappa shape index (κ1) is 16.6. The van der Waals surface area contributed by atoms with E-state index < -0.39 is 5.97 Å². The number of carboxylic acids is 1. The Kier molecular flexibility index (Phi) is 3.80. The van der Waals surface area contributed by atoms with Crippen LogP contribution in [0.5, 0.6) is 5.75 Å². The molecule has 0 amide bonds. The summed E-state index contributed by atoms with van der Waals surface area (Å²) in [6.45, 7) is 4.21. The number of phenols is 1. The molecule has 2 bridgehead atoms. The molecule has 2 heterocycles. The molecule has 140 valence electrons. The van der Waals surface area contributed by atoms with Crippen LogP contribution in [0.2, 0.25) is 0 Å². The standard InChI is InChI=1S/C21H28N2O3/c24-16-4-3-15-9-19-18-12-22(13-20(25)26)7-5-21(18,17(15)10-16)6-8-23(19)11-14-1-2-14/h3-4,10,14,18-19,24H,1-2,5-9,11-13H2,(H,25,26)/t18?,19?,21-/m0/s1. The molecule has 5 heteroatoms. The maximum Gasteiger partial charge on any atom is 0.317 e. The Bertz CT molecular complexity index is 732. The lowest BCUT2D eigenvalue weighted by atomic mass is 9.54. The fraction of sp³-hybridized carbons (Fsp3) is 0.667. The Labute approximate surface area is 154 Å². The molecule has 5 nitrogen and oxygen atoms in total. The van der Waals surface area contributed by atoms with Gasteiger partial charge in [-0.3, -0.25) is 14.6 Å². The van der Waals surface area contributed by atoms with E-state index >= 15 is 0 Å². The average Bonchev–Trinajstić information content (AvgIpc) is 3.41. The van der Waals surface area contributed by atoms with Crippen molar-refractivity contribution in [1.82, 2.24) is 9.80 Å². The second-order valence-corrected chi connectivity index (χ2v) is 8.94. The molecule has 0 radical (unpaired) electrons. The third-order valence-electron chi connectivity index (χ3n) is 7.42. The molecule has 2 aliphatic heterocycles. The van der Waals surface area contributed by atoms with Gasteiger partial charge in [-0.2, -0.15) is 0 Å². The van der Waals surface area contributed by atoms with Crippen LogP contribution in [0.3, 0.4) is 0 Å². The first-order valence-electron chi connectivity index (χ1n) is 10.1. The van der Waals surface area contributed by atoms with Gasteiger partial charge in [-0.15, -0.1) is 0 Å². The van der Waals surface area contributed by atoms with Gasteiger partial charge in [0.15, 0.2) is 0 Å². The summed E-state index contributed by atoms with van der Waals surface area (Å²) in [5.74, 6) is 0.985. The van der Waals surface area contributed by atoms with Gasteiger partial charge in [0.25, 0.3) is 0 Å². The van der Waals surface area contributed by atoms with Crippen LogP contribution < -0.4 is 0 Å². The summed E-state index contributed by atoms with van der Waals surface area (Å²) in [5, 5.41) is 19.4. The Hall–Kier alpha value is -1.59. The number of carbonyl (C=O) groups is 1. The number of aliphatic carboxylic acids is 1. The van der Waals surface area contributed by atoms with Crippen molar-refractivity contribution in [2.75, 3.05) is 32.7 Å². The number of rotatable bonds is 4. The highest BCUT2D eigenvalue weighted by Crippen LogP contribution is 2.54. The van der Waals surface area contributed by atoms with Gasteiger partial charge in [0, 0.05) is 24.5 Å². The monoisotopic (exact) mass is 356 g/mol. The number of hydrogen-bond donors (Lipinski definition) is 2. The van der Waals surface area contributed by atoms with Gasteiger partial charge in [0.1, 0.15) is 5.75 Å². The Balaban J connectivity index is 1.52. The van der Waals surface area contributed by atoms with E-state index in [-0.39, 0.29) is 12.0 Å². The fourth-order valence-electron chi connectivity index (χ4n) is 6.02. The highest BCUT2D eigenvalue weighted by Gasteiger charge is 2.55. The number of aromatic hydroxyl groups is 1. The highest BCUT2D eigenvalue weighted by molar-refractivity contribution is 5.69. The molecule has 1 aromatic carbocycles. The minimum Gasteiger partial charge on any atom is -0.508 e. The Morgan fingerprint density at radius 1 is 1.23 bits per heavy atom. The maximum atomic E-state index is 11.2. The fourth-order valence-corrected chi connectivity index (χ4v) is 6.02. The number of carboxylic acid groups (broad SMARTS) is 1. The molecule has 1 aromatic rings. The summed E-state index contributed by atoms with van der Waals surface area (Å²) in [4.78, 5) is 16.1. The molecule has 0 aromatic heterocycles.